The van der Waals surface area contributed by atoms with E-state index in [4.69, 9.17) is 4.74 Å². The monoisotopic (exact) mass is 294 g/mol. The summed E-state index contributed by atoms with van der Waals surface area (Å²) in [7, 11) is 0. The highest BCUT2D eigenvalue weighted by atomic mass is 16.5. The SMILES string of the molecule is CC1(C)CCC(CCCc2ccccc2)(c2ccccc2)O1. The summed E-state index contributed by atoms with van der Waals surface area (Å²) in [6.45, 7) is 4.43. The summed E-state index contributed by atoms with van der Waals surface area (Å²) in [6.07, 6.45) is 5.63. The molecule has 0 aromatic heterocycles. The van der Waals surface area contributed by atoms with E-state index in [1.807, 2.05) is 0 Å². The third kappa shape index (κ3) is 3.41. The molecule has 2 aromatic rings. The first kappa shape index (κ1) is 15.3. The fourth-order valence-electron chi connectivity index (χ4n) is 3.62. The zero-order chi connectivity index (χ0) is 15.5. The van der Waals surface area contributed by atoms with Gasteiger partial charge in [-0.2, -0.15) is 0 Å². The van der Waals surface area contributed by atoms with E-state index >= 15 is 0 Å². The highest BCUT2D eigenvalue weighted by Gasteiger charge is 2.44. The van der Waals surface area contributed by atoms with Gasteiger partial charge in [-0.1, -0.05) is 60.7 Å². The van der Waals surface area contributed by atoms with Gasteiger partial charge in [-0.25, -0.2) is 0 Å². The van der Waals surface area contributed by atoms with Crippen LogP contribution in [-0.4, -0.2) is 5.60 Å². The van der Waals surface area contributed by atoms with Crippen LogP contribution in [0.3, 0.4) is 0 Å². The molecule has 0 bridgehead atoms. The maximum absolute atomic E-state index is 6.56. The Labute approximate surface area is 134 Å². The fourth-order valence-corrected chi connectivity index (χ4v) is 3.62. The Bertz CT molecular complexity index is 588. The standard InChI is InChI=1S/C21H26O/c1-20(2)16-17-21(22-20,19-13-7-4-8-14-19)15-9-12-18-10-5-3-6-11-18/h3-8,10-11,13-14H,9,12,15-17H2,1-2H3. The second-order valence-corrected chi connectivity index (χ2v) is 7.06. The van der Waals surface area contributed by atoms with E-state index in [0.717, 1.165) is 32.1 Å². The van der Waals surface area contributed by atoms with Crippen molar-refractivity contribution in [2.24, 2.45) is 0 Å². The highest BCUT2D eigenvalue weighted by Crippen LogP contribution is 2.47. The van der Waals surface area contributed by atoms with Gasteiger partial charge in [-0.05, 0) is 57.1 Å². The normalized spacial score (nSPS) is 23.5. The van der Waals surface area contributed by atoms with Crippen LogP contribution in [0.1, 0.15) is 50.7 Å². The molecular formula is C21H26O. The van der Waals surface area contributed by atoms with Crippen LogP contribution in [-0.2, 0) is 16.8 Å². The minimum Gasteiger partial charge on any atom is -0.364 e. The molecule has 116 valence electrons. The number of benzene rings is 2. The van der Waals surface area contributed by atoms with Crippen molar-refractivity contribution in [2.75, 3.05) is 0 Å². The minimum atomic E-state index is -0.0977. The van der Waals surface area contributed by atoms with Crippen LogP contribution < -0.4 is 0 Å². The number of ether oxygens (including phenoxy) is 1. The van der Waals surface area contributed by atoms with Crippen LogP contribution in [0.4, 0.5) is 0 Å². The average molecular weight is 294 g/mol. The van der Waals surface area contributed by atoms with E-state index in [1.54, 1.807) is 0 Å². The van der Waals surface area contributed by atoms with Crippen molar-refractivity contribution in [2.45, 2.75) is 57.2 Å². The Balaban J connectivity index is 1.73. The molecule has 1 fully saturated rings. The molecule has 1 unspecified atom stereocenters. The molecular weight excluding hydrogens is 268 g/mol. The summed E-state index contributed by atoms with van der Waals surface area (Å²) in [5.41, 5.74) is 2.65. The number of hydrogen-bond acceptors (Lipinski definition) is 1. The van der Waals surface area contributed by atoms with Gasteiger partial charge in [0.1, 0.15) is 0 Å². The quantitative estimate of drug-likeness (QED) is 0.708. The molecule has 22 heavy (non-hydrogen) atoms. The van der Waals surface area contributed by atoms with Gasteiger partial charge in [-0.3, -0.25) is 0 Å². The Morgan fingerprint density at radius 2 is 1.50 bits per heavy atom. The van der Waals surface area contributed by atoms with Crippen molar-refractivity contribution < 1.29 is 4.74 Å². The molecule has 0 N–H and O–H groups in total. The highest BCUT2D eigenvalue weighted by molar-refractivity contribution is 5.24. The lowest BCUT2D eigenvalue weighted by Crippen LogP contribution is -2.30. The van der Waals surface area contributed by atoms with Gasteiger partial charge in [0, 0.05) is 0 Å². The van der Waals surface area contributed by atoms with Gasteiger partial charge in [0.15, 0.2) is 0 Å². The van der Waals surface area contributed by atoms with Crippen LogP contribution in [0.5, 0.6) is 0 Å². The summed E-state index contributed by atoms with van der Waals surface area (Å²) in [5.74, 6) is 0. The van der Waals surface area contributed by atoms with Crippen molar-refractivity contribution in [1.29, 1.82) is 0 Å². The number of aryl methyl sites for hydroxylation is 1. The van der Waals surface area contributed by atoms with Gasteiger partial charge in [0.2, 0.25) is 0 Å². The van der Waals surface area contributed by atoms with Crippen molar-refractivity contribution >= 4 is 0 Å². The summed E-state index contributed by atoms with van der Waals surface area (Å²) >= 11 is 0. The van der Waals surface area contributed by atoms with Crippen LogP contribution in [0.15, 0.2) is 60.7 Å². The second kappa shape index (κ2) is 6.26. The molecule has 1 aliphatic heterocycles. The molecule has 1 aliphatic rings. The van der Waals surface area contributed by atoms with Gasteiger partial charge >= 0.3 is 0 Å². The molecule has 0 spiro atoms. The van der Waals surface area contributed by atoms with Gasteiger partial charge in [0.05, 0.1) is 11.2 Å². The van der Waals surface area contributed by atoms with E-state index in [2.05, 4.69) is 74.5 Å². The van der Waals surface area contributed by atoms with Crippen molar-refractivity contribution in [3.63, 3.8) is 0 Å². The van der Waals surface area contributed by atoms with Crippen LogP contribution >= 0.6 is 0 Å². The lowest BCUT2D eigenvalue weighted by molar-refractivity contribution is -0.0955. The minimum absolute atomic E-state index is 0.0113. The molecule has 0 amide bonds. The predicted octanol–water partition coefficient (Wildman–Crippen LogP) is 5.49. The maximum Gasteiger partial charge on any atom is 0.0939 e. The lowest BCUT2D eigenvalue weighted by Gasteiger charge is -2.32. The molecule has 2 aromatic carbocycles. The van der Waals surface area contributed by atoms with Crippen molar-refractivity contribution in [3.05, 3.63) is 71.8 Å². The van der Waals surface area contributed by atoms with Crippen molar-refractivity contribution in [1.82, 2.24) is 0 Å². The zero-order valence-electron chi connectivity index (χ0n) is 13.7. The summed E-state index contributed by atoms with van der Waals surface area (Å²) in [5, 5.41) is 0. The molecule has 1 heterocycles. The average Bonchev–Trinajstić information content (AvgIpc) is 2.86. The molecule has 0 radical (unpaired) electrons. The van der Waals surface area contributed by atoms with Crippen LogP contribution in [0.25, 0.3) is 0 Å². The number of rotatable bonds is 5. The molecule has 1 atom stereocenters. The van der Waals surface area contributed by atoms with Gasteiger partial charge in [-0.15, -0.1) is 0 Å². The predicted molar refractivity (Wildman–Crippen MR) is 91.9 cm³/mol. The summed E-state index contributed by atoms with van der Waals surface area (Å²) in [4.78, 5) is 0. The molecule has 3 rings (SSSR count). The first-order valence-corrected chi connectivity index (χ1v) is 8.39. The third-order valence-corrected chi connectivity index (χ3v) is 4.79. The van der Waals surface area contributed by atoms with Crippen molar-refractivity contribution in [3.8, 4) is 0 Å². The van der Waals surface area contributed by atoms with E-state index in [1.165, 1.54) is 11.1 Å². The largest absolute Gasteiger partial charge is 0.364 e. The molecule has 1 heteroatoms. The molecule has 1 saturated heterocycles. The molecule has 1 nitrogen and oxygen atoms in total. The summed E-state index contributed by atoms with van der Waals surface area (Å²) in [6, 6.07) is 21.6. The van der Waals surface area contributed by atoms with Gasteiger partial charge < -0.3 is 4.74 Å². The first-order chi connectivity index (χ1) is 10.6. The zero-order valence-corrected chi connectivity index (χ0v) is 13.7. The second-order valence-electron chi connectivity index (χ2n) is 7.06. The van der Waals surface area contributed by atoms with Crippen LogP contribution in [0.2, 0.25) is 0 Å². The molecule has 0 saturated carbocycles. The Hall–Kier alpha value is -1.60. The first-order valence-electron chi connectivity index (χ1n) is 8.39. The number of hydrogen-bond donors (Lipinski definition) is 0. The Morgan fingerprint density at radius 3 is 2.09 bits per heavy atom. The van der Waals surface area contributed by atoms with E-state index in [-0.39, 0.29) is 11.2 Å². The van der Waals surface area contributed by atoms with E-state index < -0.39 is 0 Å². The van der Waals surface area contributed by atoms with E-state index in [9.17, 15) is 0 Å². The summed E-state index contributed by atoms with van der Waals surface area (Å²) < 4.78 is 6.56. The third-order valence-electron chi connectivity index (χ3n) is 4.79. The smallest absolute Gasteiger partial charge is 0.0939 e. The maximum atomic E-state index is 6.56. The molecule has 0 aliphatic carbocycles. The topological polar surface area (TPSA) is 9.23 Å². The van der Waals surface area contributed by atoms with Crippen LogP contribution in [0, 0.1) is 0 Å². The Morgan fingerprint density at radius 1 is 0.864 bits per heavy atom. The lowest BCUT2D eigenvalue weighted by atomic mass is 9.85. The fraction of sp³-hybridized carbons (Fsp3) is 0.429. The van der Waals surface area contributed by atoms with Gasteiger partial charge in [0.25, 0.3) is 0 Å². The van der Waals surface area contributed by atoms with E-state index in [0.29, 0.717) is 0 Å². The Kier molecular flexibility index (Phi) is 4.35.